The lowest BCUT2D eigenvalue weighted by molar-refractivity contribution is 0.100. The van der Waals surface area contributed by atoms with Crippen LogP contribution in [0.3, 0.4) is 0 Å². The zero-order chi connectivity index (χ0) is 15.2. The second kappa shape index (κ2) is 5.31. The minimum atomic E-state index is -2.38. The van der Waals surface area contributed by atoms with Gasteiger partial charge in [0.05, 0.1) is 11.1 Å². The van der Waals surface area contributed by atoms with Crippen molar-refractivity contribution >= 4 is 43.3 Å². The van der Waals surface area contributed by atoms with Gasteiger partial charge < -0.3 is 10.7 Å². The summed E-state index contributed by atoms with van der Waals surface area (Å²) in [5, 5.41) is 0.974. The fourth-order valence-electron chi connectivity index (χ4n) is 2.97. The van der Waals surface area contributed by atoms with E-state index in [1.54, 1.807) is 6.07 Å². The molecule has 1 aliphatic heterocycles. The molecule has 2 heterocycles. The fraction of sp³-hybridized carbons (Fsp3) is 0.357. The number of nitrogens with one attached hydrogen (secondary N) is 1. The highest BCUT2D eigenvalue weighted by Gasteiger charge is 2.27. The van der Waals surface area contributed by atoms with E-state index in [-0.39, 0.29) is 5.92 Å². The van der Waals surface area contributed by atoms with Gasteiger partial charge >= 0.3 is 0 Å². The number of carbonyl (C=O) groups excluding carboxylic acids is 1. The number of nitrogens with two attached hydrogens (primary N) is 1. The molecule has 1 aliphatic rings. The number of aromatic nitrogens is 1. The number of hydrogen-bond donors (Lipinski definition) is 4. The minimum absolute atomic E-state index is 0.272. The summed E-state index contributed by atoms with van der Waals surface area (Å²) in [7, 11) is -2.38. The van der Waals surface area contributed by atoms with Crippen molar-refractivity contribution in [1.29, 1.82) is 0 Å². The smallest absolute Gasteiger partial charge is 0.250 e. The van der Waals surface area contributed by atoms with E-state index in [1.165, 1.54) is 0 Å². The first-order chi connectivity index (χ1) is 9.87. The van der Waals surface area contributed by atoms with Crippen LogP contribution in [0.5, 0.6) is 0 Å². The van der Waals surface area contributed by atoms with Crippen molar-refractivity contribution in [1.82, 2.24) is 4.98 Å². The molecular formula is C14H17BrN2O3S. The second-order valence-electron chi connectivity index (χ2n) is 5.47. The predicted molar refractivity (Wildman–Crippen MR) is 89.1 cm³/mol. The summed E-state index contributed by atoms with van der Waals surface area (Å²) in [6, 6.07) is 3.68. The maximum atomic E-state index is 11.6. The van der Waals surface area contributed by atoms with E-state index in [9.17, 15) is 13.9 Å². The topological polar surface area (TPSA) is 99.3 Å². The third kappa shape index (κ3) is 2.83. The Labute approximate surface area is 132 Å². The fourth-order valence-corrected chi connectivity index (χ4v) is 4.96. The van der Waals surface area contributed by atoms with E-state index in [0.29, 0.717) is 17.1 Å². The van der Waals surface area contributed by atoms with Gasteiger partial charge in [0.2, 0.25) is 0 Å². The Kier molecular flexibility index (Phi) is 3.77. The van der Waals surface area contributed by atoms with Crippen molar-refractivity contribution in [2.45, 2.75) is 18.8 Å². The van der Waals surface area contributed by atoms with Gasteiger partial charge in [0, 0.05) is 27.6 Å². The Bertz CT molecular complexity index is 704. The third-order valence-electron chi connectivity index (χ3n) is 4.08. The van der Waals surface area contributed by atoms with E-state index in [1.807, 2.05) is 12.3 Å². The maximum Gasteiger partial charge on any atom is 0.250 e. The monoisotopic (exact) mass is 372 g/mol. The van der Waals surface area contributed by atoms with Crippen LogP contribution in [0.2, 0.25) is 0 Å². The largest absolute Gasteiger partial charge is 0.366 e. The van der Waals surface area contributed by atoms with Gasteiger partial charge in [-0.05, 0) is 36.5 Å². The average Bonchev–Trinajstić information content (AvgIpc) is 2.81. The van der Waals surface area contributed by atoms with Crippen molar-refractivity contribution in [2.75, 3.05) is 11.5 Å². The zero-order valence-electron chi connectivity index (χ0n) is 11.3. The van der Waals surface area contributed by atoms with Crippen LogP contribution in [0.15, 0.2) is 22.8 Å². The van der Waals surface area contributed by atoms with Gasteiger partial charge in [0.1, 0.15) is 0 Å². The highest BCUT2D eigenvalue weighted by Crippen LogP contribution is 2.49. The van der Waals surface area contributed by atoms with E-state index < -0.39 is 16.5 Å². The van der Waals surface area contributed by atoms with E-state index in [4.69, 9.17) is 5.73 Å². The van der Waals surface area contributed by atoms with Crippen molar-refractivity contribution in [3.63, 3.8) is 0 Å². The maximum absolute atomic E-state index is 11.6. The molecule has 0 bridgehead atoms. The molecule has 0 aliphatic carbocycles. The Morgan fingerprint density at radius 3 is 2.62 bits per heavy atom. The van der Waals surface area contributed by atoms with Crippen LogP contribution in [0, 0.1) is 0 Å². The molecule has 1 amide bonds. The van der Waals surface area contributed by atoms with Crippen molar-refractivity contribution < 1.29 is 13.9 Å². The number of aromatic amines is 1. The molecule has 21 heavy (non-hydrogen) atoms. The number of fused-ring (bicyclic) bond motifs is 1. The lowest BCUT2D eigenvalue weighted by Gasteiger charge is -2.39. The quantitative estimate of drug-likeness (QED) is 0.646. The molecule has 114 valence electrons. The molecule has 1 saturated heterocycles. The molecule has 3 rings (SSSR count). The van der Waals surface area contributed by atoms with Crippen molar-refractivity contribution in [3.05, 3.63) is 33.9 Å². The normalized spacial score (nSPS) is 20.5. The number of rotatable bonds is 2. The number of benzene rings is 1. The number of amides is 1. The summed E-state index contributed by atoms with van der Waals surface area (Å²) >= 11 is 3.41. The average molecular weight is 373 g/mol. The van der Waals surface area contributed by atoms with Crippen molar-refractivity contribution in [2.24, 2.45) is 5.73 Å². The van der Waals surface area contributed by atoms with Crippen LogP contribution in [0.1, 0.15) is 34.7 Å². The molecular weight excluding hydrogens is 356 g/mol. The van der Waals surface area contributed by atoms with E-state index in [0.717, 1.165) is 33.8 Å². The molecule has 1 aromatic heterocycles. The molecule has 0 saturated carbocycles. The summed E-state index contributed by atoms with van der Waals surface area (Å²) in [5.41, 5.74) is 7.76. The molecule has 1 fully saturated rings. The molecule has 0 radical (unpaired) electrons. The van der Waals surface area contributed by atoms with Gasteiger partial charge in [-0.2, -0.15) is 10.6 Å². The molecule has 5 N–H and O–H groups in total. The highest BCUT2D eigenvalue weighted by molar-refractivity contribution is 9.10. The van der Waals surface area contributed by atoms with Crippen LogP contribution in [0.25, 0.3) is 10.9 Å². The summed E-state index contributed by atoms with van der Waals surface area (Å²) < 4.78 is 20.3. The van der Waals surface area contributed by atoms with E-state index >= 15 is 0 Å². The Morgan fingerprint density at radius 1 is 1.33 bits per heavy atom. The van der Waals surface area contributed by atoms with Gasteiger partial charge in [-0.1, -0.05) is 15.9 Å². The number of halogens is 1. The highest BCUT2D eigenvalue weighted by atomic mass is 79.9. The van der Waals surface area contributed by atoms with Crippen LogP contribution in [-0.4, -0.2) is 31.5 Å². The van der Waals surface area contributed by atoms with Gasteiger partial charge in [0.25, 0.3) is 5.91 Å². The Morgan fingerprint density at radius 2 is 2.00 bits per heavy atom. The van der Waals surface area contributed by atoms with Crippen LogP contribution < -0.4 is 5.73 Å². The standard InChI is InChI=1S/C14H17BrN2O3S/c15-9-5-10-12(8-1-3-21(19,20)4-2-8)7-17-13(10)11(6-9)14(16)18/h5-8,17,19-20H,1-4H2,(H2,16,18). The molecule has 0 atom stereocenters. The summed E-state index contributed by atoms with van der Waals surface area (Å²) in [6.45, 7) is 0. The van der Waals surface area contributed by atoms with Gasteiger partial charge in [0.15, 0.2) is 0 Å². The molecule has 0 unspecified atom stereocenters. The molecule has 5 nitrogen and oxygen atoms in total. The number of carbonyl (C=O) groups is 1. The Balaban J connectivity index is 2.03. The number of H-pyrrole nitrogens is 1. The zero-order valence-corrected chi connectivity index (χ0v) is 13.7. The van der Waals surface area contributed by atoms with Gasteiger partial charge in [-0.3, -0.25) is 13.9 Å². The summed E-state index contributed by atoms with van der Waals surface area (Å²) in [5.74, 6) is 0.698. The van der Waals surface area contributed by atoms with Gasteiger partial charge in [-0.15, -0.1) is 0 Å². The Hall–Kier alpha value is -1.02. The van der Waals surface area contributed by atoms with Crippen LogP contribution >= 0.6 is 26.5 Å². The van der Waals surface area contributed by atoms with Crippen molar-refractivity contribution in [3.8, 4) is 0 Å². The first kappa shape index (κ1) is 14.9. The molecule has 1 aromatic carbocycles. The second-order valence-corrected chi connectivity index (χ2v) is 8.81. The molecule has 7 heteroatoms. The third-order valence-corrected chi connectivity index (χ3v) is 6.31. The number of primary amides is 1. The summed E-state index contributed by atoms with van der Waals surface area (Å²) in [4.78, 5) is 14.7. The SMILES string of the molecule is NC(=O)c1cc(Br)cc2c(C3CCS(O)(O)CC3)c[nH]c12. The molecule has 2 aromatic rings. The lowest BCUT2D eigenvalue weighted by atomic mass is 9.92. The number of hydrogen-bond acceptors (Lipinski definition) is 3. The summed E-state index contributed by atoms with van der Waals surface area (Å²) in [6.07, 6.45) is 3.40. The van der Waals surface area contributed by atoms with E-state index in [2.05, 4.69) is 20.9 Å². The van der Waals surface area contributed by atoms with Crippen LogP contribution in [-0.2, 0) is 0 Å². The first-order valence-corrected chi connectivity index (χ1v) is 9.39. The lowest BCUT2D eigenvalue weighted by Crippen LogP contribution is -2.19. The molecule has 0 spiro atoms. The van der Waals surface area contributed by atoms with Gasteiger partial charge in [-0.25, -0.2) is 0 Å². The van der Waals surface area contributed by atoms with Crippen LogP contribution in [0.4, 0.5) is 0 Å². The predicted octanol–water partition coefficient (Wildman–Crippen LogP) is 3.66. The minimum Gasteiger partial charge on any atom is -0.366 e. The first-order valence-electron chi connectivity index (χ1n) is 6.71.